The zero-order valence-corrected chi connectivity index (χ0v) is 13.4. The van der Waals surface area contributed by atoms with Crippen LogP contribution in [0.15, 0.2) is 17.5 Å². The van der Waals surface area contributed by atoms with E-state index in [1.54, 1.807) is 6.92 Å². The van der Waals surface area contributed by atoms with Gasteiger partial charge in [0.25, 0.3) is 0 Å². The first-order valence-electron chi connectivity index (χ1n) is 7.11. The first-order chi connectivity index (χ1) is 10.0. The van der Waals surface area contributed by atoms with Crippen LogP contribution in [0.4, 0.5) is 8.78 Å². The number of hydrogen-bond acceptors (Lipinski definition) is 3. The summed E-state index contributed by atoms with van der Waals surface area (Å²) in [7, 11) is 0. The Morgan fingerprint density at radius 1 is 1.29 bits per heavy atom. The number of thiazole rings is 1. The van der Waals surface area contributed by atoms with Crippen molar-refractivity contribution >= 4 is 11.3 Å². The van der Waals surface area contributed by atoms with Crippen LogP contribution in [0.1, 0.15) is 41.2 Å². The number of benzene rings is 1. The molecule has 1 heterocycles. The van der Waals surface area contributed by atoms with E-state index in [-0.39, 0.29) is 5.56 Å². The smallest absolute Gasteiger partial charge is 0.133 e. The number of hydrogen-bond donors (Lipinski definition) is 1. The zero-order valence-electron chi connectivity index (χ0n) is 12.5. The predicted molar refractivity (Wildman–Crippen MR) is 82.7 cm³/mol. The molecule has 114 valence electrons. The molecule has 0 saturated carbocycles. The molecule has 1 aromatic heterocycles. The van der Waals surface area contributed by atoms with Crippen LogP contribution in [0.3, 0.4) is 0 Å². The van der Waals surface area contributed by atoms with Gasteiger partial charge in [0.15, 0.2) is 0 Å². The maximum absolute atomic E-state index is 14.4. The first-order valence-corrected chi connectivity index (χ1v) is 7.99. The summed E-state index contributed by atoms with van der Waals surface area (Å²) in [6.45, 7) is 6.31. The van der Waals surface area contributed by atoms with Crippen molar-refractivity contribution in [3.8, 4) is 0 Å². The van der Waals surface area contributed by atoms with Crippen LogP contribution in [0.2, 0.25) is 0 Å². The van der Waals surface area contributed by atoms with Crippen molar-refractivity contribution in [3.63, 3.8) is 0 Å². The molecular weight excluding hydrogens is 290 g/mol. The summed E-state index contributed by atoms with van der Waals surface area (Å²) in [6.07, 6.45) is 1.40. The predicted octanol–water partition coefficient (Wildman–Crippen LogP) is 4.32. The van der Waals surface area contributed by atoms with Gasteiger partial charge in [-0.05, 0) is 38.4 Å². The van der Waals surface area contributed by atoms with Gasteiger partial charge in [-0.25, -0.2) is 13.8 Å². The molecule has 0 aliphatic heterocycles. The molecule has 0 saturated heterocycles. The van der Waals surface area contributed by atoms with E-state index in [4.69, 9.17) is 0 Å². The van der Waals surface area contributed by atoms with Gasteiger partial charge in [0, 0.05) is 29.1 Å². The van der Waals surface area contributed by atoms with Gasteiger partial charge in [0.05, 0.1) is 5.01 Å². The quantitative estimate of drug-likeness (QED) is 0.859. The van der Waals surface area contributed by atoms with Gasteiger partial charge in [0.2, 0.25) is 0 Å². The molecule has 0 spiro atoms. The summed E-state index contributed by atoms with van der Waals surface area (Å²) in [5.41, 5.74) is 1.52. The molecule has 1 atom stereocenters. The van der Waals surface area contributed by atoms with Gasteiger partial charge in [-0.1, -0.05) is 13.0 Å². The molecule has 0 radical (unpaired) electrons. The van der Waals surface area contributed by atoms with Crippen LogP contribution < -0.4 is 5.32 Å². The highest BCUT2D eigenvalue weighted by Crippen LogP contribution is 2.27. The Morgan fingerprint density at radius 3 is 2.67 bits per heavy atom. The number of nitrogens with one attached hydrogen (secondary N) is 1. The Labute approximate surface area is 128 Å². The minimum Gasteiger partial charge on any atom is -0.309 e. The zero-order chi connectivity index (χ0) is 15.4. The van der Waals surface area contributed by atoms with Crippen molar-refractivity contribution in [1.82, 2.24) is 10.3 Å². The van der Waals surface area contributed by atoms with E-state index < -0.39 is 17.7 Å². The third-order valence-electron chi connectivity index (χ3n) is 3.35. The lowest BCUT2D eigenvalue weighted by molar-refractivity contribution is 0.461. The minimum atomic E-state index is -0.500. The van der Waals surface area contributed by atoms with E-state index >= 15 is 0 Å². The topological polar surface area (TPSA) is 24.9 Å². The molecular formula is C16H20F2N2S. The fraction of sp³-hybridized carbons (Fsp3) is 0.438. The Balaban J connectivity index is 2.33. The molecule has 1 N–H and O–H groups in total. The van der Waals surface area contributed by atoms with Gasteiger partial charge < -0.3 is 5.32 Å². The summed E-state index contributed by atoms with van der Waals surface area (Å²) in [5, 5.41) is 6.08. The molecule has 0 aliphatic carbocycles. The fourth-order valence-corrected chi connectivity index (χ4v) is 3.08. The molecule has 1 unspecified atom stereocenters. The summed E-state index contributed by atoms with van der Waals surface area (Å²) < 4.78 is 28.5. The van der Waals surface area contributed by atoms with E-state index in [9.17, 15) is 8.78 Å². The standard InChI is InChI=1S/C16H20F2N2S/c1-4-7-19-13(8-14-20-11(3)9-21-14)15-12(17)6-5-10(2)16(15)18/h5-6,9,13,19H,4,7-8H2,1-3H3. The van der Waals surface area contributed by atoms with E-state index in [1.165, 1.54) is 23.5 Å². The first kappa shape index (κ1) is 16.0. The summed E-state index contributed by atoms with van der Waals surface area (Å²) in [5.74, 6) is -0.961. The Bertz CT molecular complexity index is 610. The van der Waals surface area contributed by atoms with E-state index in [1.807, 2.05) is 19.2 Å². The molecule has 0 bridgehead atoms. The number of aryl methyl sites for hydroxylation is 2. The molecule has 21 heavy (non-hydrogen) atoms. The van der Waals surface area contributed by atoms with Crippen LogP contribution in [-0.4, -0.2) is 11.5 Å². The third-order valence-corrected chi connectivity index (χ3v) is 4.34. The van der Waals surface area contributed by atoms with Crippen LogP contribution in [0.25, 0.3) is 0 Å². The molecule has 0 aliphatic rings. The largest absolute Gasteiger partial charge is 0.309 e. The average Bonchev–Trinajstić information content (AvgIpc) is 2.86. The van der Waals surface area contributed by atoms with Crippen molar-refractivity contribution < 1.29 is 8.78 Å². The Hall–Kier alpha value is -1.33. The maximum Gasteiger partial charge on any atom is 0.133 e. The number of nitrogens with zero attached hydrogens (tertiary/aromatic N) is 1. The van der Waals surface area contributed by atoms with Gasteiger partial charge >= 0.3 is 0 Å². The maximum atomic E-state index is 14.4. The molecule has 2 nitrogen and oxygen atoms in total. The number of halogens is 2. The third kappa shape index (κ3) is 3.86. The summed E-state index contributed by atoms with van der Waals surface area (Å²) in [4.78, 5) is 4.40. The van der Waals surface area contributed by atoms with Crippen molar-refractivity contribution in [2.75, 3.05) is 6.54 Å². The molecule has 1 aromatic carbocycles. The highest BCUT2D eigenvalue weighted by Gasteiger charge is 2.22. The Kier molecular flexibility index (Phi) is 5.42. The van der Waals surface area contributed by atoms with Crippen molar-refractivity contribution in [1.29, 1.82) is 0 Å². The fourth-order valence-electron chi connectivity index (χ4n) is 2.26. The van der Waals surface area contributed by atoms with Crippen LogP contribution in [-0.2, 0) is 6.42 Å². The van der Waals surface area contributed by atoms with Gasteiger partial charge in [0.1, 0.15) is 11.6 Å². The van der Waals surface area contributed by atoms with Crippen molar-refractivity contribution in [3.05, 3.63) is 51.0 Å². The number of rotatable bonds is 6. The van der Waals surface area contributed by atoms with Crippen LogP contribution in [0, 0.1) is 25.5 Å². The molecule has 5 heteroatoms. The second kappa shape index (κ2) is 7.09. The van der Waals surface area contributed by atoms with E-state index in [0.717, 1.165) is 17.1 Å². The minimum absolute atomic E-state index is 0.122. The number of aromatic nitrogens is 1. The van der Waals surface area contributed by atoms with Gasteiger partial charge in [-0.15, -0.1) is 11.3 Å². The molecule has 0 amide bonds. The highest BCUT2D eigenvalue weighted by atomic mass is 32.1. The monoisotopic (exact) mass is 310 g/mol. The molecule has 0 fully saturated rings. The molecule has 2 aromatic rings. The second-order valence-electron chi connectivity index (χ2n) is 5.19. The Morgan fingerprint density at radius 2 is 2.05 bits per heavy atom. The molecule has 2 rings (SSSR count). The van der Waals surface area contributed by atoms with Crippen LogP contribution >= 0.6 is 11.3 Å². The summed E-state index contributed by atoms with van der Waals surface area (Å²) in [6, 6.07) is 2.41. The lowest BCUT2D eigenvalue weighted by Gasteiger charge is -2.20. The van der Waals surface area contributed by atoms with E-state index in [2.05, 4.69) is 10.3 Å². The van der Waals surface area contributed by atoms with Crippen LogP contribution in [0.5, 0.6) is 0 Å². The summed E-state index contributed by atoms with van der Waals surface area (Å²) >= 11 is 1.53. The lowest BCUT2D eigenvalue weighted by atomic mass is 10.00. The van der Waals surface area contributed by atoms with Gasteiger partial charge in [-0.3, -0.25) is 0 Å². The lowest BCUT2D eigenvalue weighted by Crippen LogP contribution is -2.26. The van der Waals surface area contributed by atoms with Crippen molar-refractivity contribution in [2.24, 2.45) is 0 Å². The van der Waals surface area contributed by atoms with E-state index in [0.29, 0.717) is 18.5 Å². The normalized spacial score (nSPS) is 12.6. The second-order valence-corrected chi connectivity index (χ2v) is 6.13. The van der Waals surface area contributed by atoms with Crippen molar-refractivity contribution in [2.45, 2.75) is 39.7 Å². The van der Waals surface area contributed by atoms with Gasteiger partial charge in [-0.2, -0.15) is 0 Å². The average molecular weight is 310 g/mol. The highest BCUT2D eigenvalue weighted by molar-refractivity contribution is 7.09. The SMILES string of the molecule is CCCNC(Cc1nc(C)cs1)c1c(F)ccc(C)c1F.